The number of benzene rings is 1. The van der Waals surface area contributed by atoms with Crippen molar-refractivity contribution in [2.75, 3.05) is 14.2 Å². The maximum absolute atomic E-state index is 13.6. The van der Waals surface area contributed by atoms with Gasteiger partial charge < -0.3 is 4.74 Å². The standard InChI is InChI=1S/C21H17F2N5O3S/c1-27(32(29,30)20-8-16(22)4-5-19(20)31-2)26-12-18-11-25-21-6-3-14(13-28(18)21)15-7-17(23)10-24-9-15/h3-13H,1-2H3/b26-12+. The van der Waals surface area contributed by atoms with Crippen LogP contribution in [0.25, 0.3) is 16.8 Å². The first kappa shape index (κ1) is 21.4. The van der Waals surface area contributed by atoms with Gasteiger partial charge in [-0.05, 0) is 36.4 Å². The highest BCUT2D eigenvalue weighted by molar-refractivity contribution is 7.89. The van der Waals surface area contributed by atoms with E-state index in [9.17, 15) is 17.2 Å². The summed E-state index contributed by atoms with van der Waals surface area (Å²) >= 11 is 0. The molecular weight excluding hydrogens is 440 g/mol. The lowest BCUT2D eigenvalue weighted by Gasteiger charge is -2.15. The number of methoxy groups -OCH3 is 1. The van der Waals surface area contributed by atoms with E-state index in [1.165, 1.54) is 44.9 Å². The second-order valence-corrected chi connectivity index (χ2v) is 8.62. The second kappa shape index (κ2) is 8.35. The molecule has 0 amide bonds. The van der Waals surface area contributed by atoms with Crippen molar-refractivity contribution >= 4 is 21.9 Å². The minimum atomic E-state index is -4.18. The monoisotopic (exact) mass is 457 g/mol. The third-order valence-corrected chi connectivity index (χ3v) is 6.34. The minimum absolute atomic E-state index is 0.00315. The van der Waals surface area contributed by atoms with Gasteiger partial charge in [0.1, 0.15) is 27.9 Å². The van der Waals surface area contributed by atoms with Crippen LogP contribution in [-0.4, -0.2) is 47.6 Å². The molecular formula is C21H17F2N5O3S. The van der Waals surface area contributed by atoms with Crippen molar-refractivity contribution in [3.63, 3.8) is 0 Å². The molecule has 0 aliphatic heterocycles. The molecule has 4 rings (SSSR count). The van der Waals surface area contributed by atoms with Gasteiger partial charge in [-0.3, -0.25) is 9.38 Å². The summed E-state index contributed by atoms with van der Waals surface area (Å²) in [6.07, 6.45) is 7.17. The zero-order valence-electron chi connectivity index (χ0n) is 17.0. The van der Waals surface area contributed by atoms with E-state index >= 15 is 0 Å². The molecule has 0 saturated carbocycles. The molecule has 164 valence electrons. The lowest BCUT2D eigenvalue weighted by atomic mass is 10.1. The van der Waals surface area contributed by atoms with E-state index in [-0.39, 0.29) is 10.6 Å². The van der Waals surface area contributed by atoms with Gasteiger partial charge in [-0.2, -0.15) is 17.9 Å². The van der Waals surface area contributed by atoms with Crippen LogP contribution in [0.2, 0.25) is 0 Å². The van der Waals surface area contributed by atoms with Crippen molar-refractivity contribution in [3.8, 4) is 16.9 Å². The number of hydrogen-bond donors (Lipinski definition) is 0. The third kappa shape index (κ3) is 4.02. The number of halogens is 2. The van der Waals surface area contributed by atoms with Crippen LogP contribution >= 0.6 is 0 Å². The minimum Gasteiger partial charge on any atom is -0.495 e. The van der Waals surface area contributed by atoms with Gasteiger partial charge in [0.25, 0.3) is 10.0 Å². The average molecular weight is 457 g/mol. The first-order valence-electron chi connectivity index (χ1n) is 9.24. The number of rotatable bonds is 6. The van der Waals surface area contributed by atoms with Crippen LogP contribution in [0.5, 0.6) is 5.75 Å². The molecule has 3 heterocycles. The Morgan fingerprint density at radius 3 is 2.62 bits per heavy atom. The second-order valence-electron chi connectivity index (χ2n) is 6.70. The number of ether oxygens (including phenoxy) is 1. The highest BCUT2D eigenvalue weighted by Gasteiger charge is 2.24. The number of hydrogen-bond acceptors (Lipinski definition) is 6. The van der Waals surface area contributed by atoms with E-state index in [0.29, 0.717) is 26.9 Å². The zero-order valence-corrected chi connectivity index (χ0v) is 17.8. The van der Waals surface area contributed by atoms with Crippen LogP contribution in [0.15, 0.2) is 71.2 Å². The fourth-order valence-corrected chi connectivity index (χ4v) is 4.16. The lowest BCUT2D eigenvalue weighted by molar-refractivity contribution is 0.397. The molecule has 8 nitrogen and oxygen atoms in total. The molecule has 1 aromatic carbocycles. The van der Waals surface area contributed by atoms with Crippen LogP contribution in [-0.2, 0) is 10.0 Å². The number of sulfonamides is 1. The molecule has 0 aliphatic carbocycles. The summed E-state index contributed by atoms with van der Waals surface area (Å²) in [5.41, 5.74) is 2.31. The number of nitrogens with zero attached hydrogens (tertiary/aromatic N) is 5. The van der Waals surface area contributed by atoms with Crippen LogP contribution in [0.4, 0.5) is 8.78 Å². The highest BCUT2D eigenvalue weighted by Crippen LogP contribution is 2.27. The van der Waals surface area contributed by atoms with E-state index < -0.39 is 21.7 Å². The van der Waals surface area contributed by atoms with Crippen LogP contribution < -0.4 is 4.74 Å². The Morgan fingerprint density at radius 2 is 1.88 bits per heavy atom. The first-order valence-corrected chi connectivity index (χ1v) is 10.7. The molecule has 0 saturated heterocycles. The molecule has 0 spiro atoms. The van der Waals surface area contributed by atoms with E-state index in [1.807, 2.05) is 0 Å². The maximum atomic E-state index is 13.6. The molecule has 4 aromatic rings. The van der Waals surface area contributed by atoms with Gasteiger partial charge in [-0.15, -0.1) is 0 Å². The molecule has 11 heteroatoms. The number of hydrazone groups is 1. The third-order valence-electron chi connectivity index (χ3n) is 4.68. The molecule has 0 atom stereocenters. The van der Waals surface area contributed by atoms with E-state index in [4.69, 9.17) is 4.74 Å². The van der Waals surface area contributed by atoms with Gasteiger partial charge >= 0.3 is 0 Å². The maximum Gasteiger partial charge on any atom is 0.282 e. The quantitative estimate of drug-likeness (QED) is 0.327. The molecule has 0 N–H and O–H groups in total. The Hall–Kier alpha value is -3.86. The van der Waals surface area contributed by atoms with Gasteiger partial charge in [-0.1, -0.05) is 0 Å². The van der Waals surface area contributed by atoms with Crippen molar-refractivity contribution < 1.29 is 21.9 Å². The lowest BCUT2D eigenvalue weighted by Crippen LogP contribution is -2.22. The number of aromatic nitrogens is 3. The van der Waals surface area contributed by atoms with Gasteiger partial charge in [0.15, 0.2) is 0 Å². The van der Waals surface area contributed by atoms with E-state index in [1.54, 1.807) is 22.7 Å². The normalized spacial score (nSPS) is 11.9. The molecule has 0 fully saturated rings. The molecule has 0 aliphatic rings. The van der Waals surface area contributed by atoms with Crippen LogP contribution in [0, 0.1) is 11.6 Å². The van der Waals surface area contributed by atoms with Crippen molar-refractivity contribution in [1.82, 2.24) is 18.8 Å². The van der Waals surface area contributed by atoms with E-state index in [0.717, 1.165) is 18.3 Å². The summed E-state index contributed by atoms with van der Waals surface area (Å²) in [5.74, 6) is -1.19. The SMILES string of the molecule is COc1ccc(F)cc1S(=O)(=O)N(C)/N=C/c1cnc2ccc(-c3cncc(F)c3)cn12. The largest absolute Gasteiger partial charge is 0.495 e. The molecule has 0 radical (unpaired) electrons. The summed E-state index contributed by atoms with van der Waals surface area (Å²) < 4.78 is 60.3. The number of pyridine rings is 2. The Bertz CT molecular complexity index is 1440. The predicted octanol–water partition coefficient (Wildman–Crippen LogP) is 3.34. The summed E-state index contributed by atoms with van der Waals surface area (Å²) in [5, 5.41) is 4.00. The van der Waals surface area contributed by atoms with Crippen molar-refractivity contribution in [3.05, 3.63) is 78.5 Å². The Kier molecular flexibility index (Phi) is 5.57. The Morgan fingerprint density at radius 1 is 1.06 bits per heavy atom. The molecule has 3 aromatic heterocycles. The predicted molar refractivity (Wildman–Crippen MR) is 114 cm³/mol. The van der Waals surface area contributed by atoms with Crippen molar-refractivity contribution in [2.45, 2.75) is 4.90 Å². The first-order chi connectivity index (χ1) is 15.3. The topological polar surface area (TPSA) is 89.2 Å². The van der Waals surface area contributed by atoms with Gasteiger partial charge in [0.2, 0.25) is 0 Å². The van der Waals surface area contributed by atoms with Gasteiger partial charge in [-0.25, -0.2) is 13.8 Å². The molecule has 32 heavy (non-hydrogen) atoms. The summed E-state index contributed by atoms with van der Waals surface area (Å²) in [7, 11) is -1.66. The fraction of sp³-hybridized carbons (Fsp3) is 0.0952. The van der Waals surface area contributed by atoms with Crippen LogP contribution in [0.3, 0.4) is 0 Å². The molecule has 0 bridgehead atoms. The summed E-state index contributed by atoms with van der Waals surface area (Å²) in [6.45, 7) is 0. The van der Waals surface area contributed by atoms with Crippen molar-refractivity contribution in [1.29, 1.82) is 0 Å². The van der Waals surface area contributed by atoms with Gasteiger partial charge in [0, 0.05) is 30.6 Å². The summed E-state index contributed by atoms with van der Waals surface area (Å²) in [4.78, 5) is 7.75. The number of imidazole rings is 1. The highest BCUT2D eigenvalue weighted by atomic mass is 32.2. The van der Waals surface area contributed by atoms with Gasteiger partial charge in [0.05, 0.1) is 31.4 Å². The smallest absolute Gasteiger partial charge is 0.282 e. The van der Waals surface area contributed by atoms with E-state index in [2.05, 4.69) is 15.1 Å². The average Bonchev–Trinajstić information content (AvgIpc) is 3.19. The van der Waals surface area contributed by atoms with Crippen LogP contribution in [0.1, 0.15) is 5.69 Å². The molecule has 0 unspecified atom stereocenters. The zero-order chi connectivity index (χ0) is 22.9. The summed E-state index contributed by atoms with van der Waals surface area (Å²) in [6, 6.07) is 8.06. The Balaban J connectivity index is 1.68. The van der Waals surface area contributed by atoms with Crippen molar-refractivity contribution in [2.24, 2.45) is 5.10 Å². The number of fused-ring (bicyclic) bond motifs is 1. The fourth-order valence-electron chi connectivity index (χ4n) is 3.03. The Labute approximate surface area is 182 Å².